The number of nitrogens with one attached hydrogen (secondary N) is 1. The molecule has 0 saturated heterocycles. The smallest absolute Gasteiger partial charge is 0.282 e. The fourth-order valence-electron chi connectivity index (χ4n) is 3.94. The van der Waals surface area contributed by atoms with Crippen LogP contribution in [-0.2, 0) is 11.3 Å². The van der Waals surface area contributed by atoms with E-state index in [4.69, 9.17) is 9.47 Å². The predicted octanol–water partition coefficient (Wildman–Crippen LogP) is 2.48. The van der Waals surface area contributed by atoms with Crippen LogP contribution >= 0.6 is 0 Å². The first kappa shape index (κ1) is 23.4. The number of rotatable bonds is 8. The van der Waals surface area contributed by atoms with E-state index in [0.717, 1.165) is 16.5 Å². The van der Waals surface area contributed by atoms with Gasteiger partial charge in [-0.2, -0.15) is 5.10 Å². The van der Waals surface area contributed by atoms with Crippen LogP contribution in [0.5, 0.6) is 11.5 Å². The van der Waals surface area contributed by atoms with E-state index in [2.05, 4.69) is 10.4 Å². The van der Waals surface area contributed by atoms with Gasteiger partial charge in [-0.1, -0.05) is 18.2 Å². The van der Waals surface area contributed by atoms with Crippen molar-refractivity contribution in [2.75, 3.05) is 19.5 Å². The summed E-state index contributed by atoms with van der Waals surface area (Å²) in [5.41, 5.74) is -0.177. The van der Waals surface area contributed by atoms with Gasteiger partial charge in [0.2, 0.25) is 5.91 Å². The van der Waals surface area contributed by atoms with E-state index in [0.29, 0.717) is 17.3 Å². The maximum absolute atomic E-state index is 13.0. The standard InChI is InChI=1S/C23H21N5O7/c1-13(27-22(30)15-7-5-8-16(28(32)33)19(15)23(27)31)21(29)25-18-10-11-24-26(18)12-14-6-4-9-17(34-2)20(14)35-3/h4-11,13H,12H2,1-3H3,(H,25,29)/t13-/m0/s1. The van der Waals surface area contributed by atoms with Gasteiger partial charge in [-0.15, -0.1) is 0 Å². The monoisotopic (exact) mass is 479 g/mol. The van der Waals surface area contributed by atoms with E-state index in [1.807, 2.05) is 6.07 Å². The average Bonchev–Trinajstić information content (AvgIpc) is 3.39. The van der Waals surface area contributed by atoms with Crippen molar-refractivity contribution in [3.8, 4) is 11.5 Å². The molecule has 0 fully saturated rings. The zero-order valence-corrected chi connectivity index (χ0v) is 19.0. The molecule has 4 rings (SSSR count). The molecule has 0 bridgehead atoms. The molecule has 1 aliphatic rings. The minimum atomic E-state index is -1.24. The SMILES string of the molecule is COc1cccc(Cn2nccc2NC(=O)[C@H](C)N2C(=O)c3cccc([N+](=O)[O-])c3C2=O)c1OC. The number of nitrogens with zero attached hydrogens (tertiary/aromatic N) is 4. The van der Waals surface area contributed by atoms with Crippen molar-refractivity contribution in [1.82, 2.24) is 14.7 Å². The van der Waals surface area contributed by atoms with Gasteiger partial charge < -0.3 is 14.8 Å². The summed E-state index contributed by atoms with van der Waals surface area (Å²) in [5.74, 6) is -0.962. The van der Waals surface area contributed by atoms with E-state index in [1.54, 1.807) is 18.2 Å². The highest BCUT2D eigenvalue weighted by Crippen LogP contribution is 2.33. The number of hydrogen-bond donors (Lipinski definition) is 1. The summed E-state index contributed by atoms with van der Waals surface area (Å²) >= 11 is 0. The lowest BCUT2D eigenvalue weighted by Crippen LogP contribution is -2.45. The van der Waals surface area contributed by atoms with Gasteiger partial charge in [-0.05, 0) is 19.1 Å². The Morgan fingerprint density at radius 3 is 2.54 bits per heavy atom. The Bertz CT molecular complexity index is 1350. The molecule has 2 heterocycles. The lowest BCUT2D eigenvalue weighted by Gasteiger charge is -2.22. The molecule has 12 heteroatoms. The van der Waals surface area contributed by atoms with Gasteiger partial charge >= 0.3 is 0 Å². The van der Waals surface area contributed by atoms with Crippen molar-refractivity contribution in [3.05, 3.63) is 75.5 Å². The lowest BCUT2D eigenvalue weighted by atomic mass is 10.1. The van der Waals surface area contributed by atoms with Crippen LogP contribution in [0.4, 0.5) is 11.5 Å². The van der Waals surface area contributed by atoms with Crippen LogP contribution in [0.2, 0.25) is 0 Å². The van der Waals surface area contributed by atoms with Gasteiger partial charge in [0.05, 0.1) is 37.4 Å². The molecular weight excluding hydrogens is 458 g/mol. The first-order chi connectivity index (χ1) is 16.8. The molecule has 2 aromatic carbocycles. The molecular formula is C23H21N5O7. The van der Waals surface area contributed by atoms with Crippen LogP contribution in [0, 0.1) is 10.1 Å². The van der Waals surface area contributed by atoms with Crippen molar-refractivity contribution in [2.24, 2.45) is 0 Å². The Balaban J connectivity index is 1.55. The number of aromatic nitrogens is 2. The molecule has 1 atom stereocenters. The highest BCUT2D eigenvalue weighted by molar-refractivity contribution is 6.24. The van der Waals surface area contributed by atoms with Crippen LogP contribution < -0.4 is 14.8 Å². The molecule has 3 aromatic rings. The van der Waals surface area contributed by atoms with Crippen molar-refractivity contribution in [2.45, 2.75) is 19.5 Å². The number of para-hydroxylation sites is 1. The third-order valence-electron chi connectivity index (χ3n) is 5.66. The maximum atomic E-state index is 13.0. The largest absolute Gasteiger partial charge is 0.493 e. The van der Waals surface area contributed by atoms with Crippen molar-refractivity contribution < 1.29 is 28.8 Å². The third-order valence-corrected chi connectivity index (χ3v) is 5.66. The lowest BCUT2D eigenvalue weighted by molar-refractivity contribution is -0.385. The number of carbonyl (C=O) groups excluding carboxylic acids is 3. The van der Waals surface area contributed by atoms with Crippen LogP contribution in [0.25, 0.3) is 0 Å². The number of amides is 3. The number of methoxy groups -OCH3 is 2. The molecule has 1 N–H and O–H groups in total. The van der Waals surface area contributed by atoms with Crippen LogP contribution in [0.3, 0.4) is 0 Å². The van der Waals surface area contributed by atoms with E-state index >= 15 is 0 Å². The Morgan fingerprint density at radius 2 is 1.86 bits per heavy atom. The molecule has 12 nitrogen and oxygen atoms in total. The van der Waals surface area contributed by atoms with Crippen molar-refractivity contribution in [1.29, 1.82) is 0 Å². The maximum Gasteiger partial charge on any atom is 0.282 e. The van der Waals surface area contributed by atoms with Crippen LogP contribution in [-0.4, -0.2) is 57.6 Å². The molecule has 35 heavy (non-hydrogen) atoms. The summed E-state index contributed by atoms with van der Waals surface area (Å²) in [6.45, 7) is 1.60. The number of hydrogen-bond acceptors (Lipinski definition) is 8. The number of anilines is 1. The predicted molar refractivity (Wildman–Crippen MR) is 123 cm³/mol. The van der Waals surface area contributed by atoms with E-state index in [9.17, 15) is 24.5 Å². The van der Waals surface area contributed by atoms with Crippen molar-refractivity contribution >= 4 is 29.2 Å². The van der Waals surface area contributed by atoms with E-state index in [1.165, 1.54) is 44.2 Å². The zero-order valence-electron chi connectivity index (χ0n) is 19.0. The molecule has 0 unspecified atom stereocenters. The van der Waals surface area contributed by atoms with Gasteiger partial charge in [-0.3, -0.25) is 29.4 Å². The van der Waals surface area contributed by atoms with Gasteiger partial charge in [0.15, 0.2) is 11.5 Å². The second-order valence-corrected chi connectivity index (χ2v) is 7.63. The number of benzene rings is 2. The Morgan fingerprint density at radius 1 is 1.11 bits per heavy atom. The number of fused-ring (bicyclic) bond motifs is 1. The zero-order chi connectivity index (χ0) is 25.3. The van der Waals surface area contributed by atoms with Crippen molar-refractivity contribution in [3.63, 3.8) is 0 Å². The number of nitro benzene ring substituents is 1. The fourth-order valence-corrected chi connectivity index (χ4v) is 3.94. The first-order valence-electron chi connectivity index (χ1n) is 10.5. The summed E-state index contributed by atoms with van der Waals surface area (Å²) in [5, 5.41) is 18.2. The minimum Gasteiger partial charge on any atom is -0.493 e. The normalized spacial score (nSPS) is 13.4. The number of carbonyl (C=O) groups is 3. The summed E-state index contributed by atoms with van der Waals surface area (Å²) < 4.78 is 12.3. The van der Waals surface area contributed by atoms with Gasteiger partial charge in [-0.25, -0.2) is 4.68 Å². The fraction of sp³-hybridized carbons (Fsp3) is 0.217. The van der Waals surface area contributed by atoms with Crippen LogP contribution in [0.15, 0.2) is 48.7 Å². The molecule has 1 aliphatic heterocycles. The quantitative estimate of drug-likeness (QED) is 0.295. The summed E-state index contributed by atoms with van der Waals surface area (Å²) in [7, 11) is 3.04. The Labute approximate surface area is 199 Å². The van der Waals surface area contributed by atoms with Gasteiger partial charge in [0.25, 0.3) is 17.5 Å². The highest BCUT2D eigenvalue weighted by Gasteiger charge is 2.45. The molecule has 0 radical (unpaired) electrons. The van der Waals surface area contributed by atoms with Crippen LogP contribution in [0.1, 0.15) is 33.2 Å². The van der Waals surface area contributed by atoms with Gasteiger partial charge in [0, 0.05) is 17.7 Å². The number of ether oxygens (including phenoxy) is 2. The topological polar surface area (TPSA) is 146 Å². The number of imide groups is 1. The third kappa shape index (κ3) is 4.05. The average molecular weight is 479 g/mol. The minimum absolute atomic E-state index is 0.112. The number of nitro groups is 1. The molecule has 0 aliphatic carbocycles. The van der Waals surface area contributed by atoms with E-state index in [-0.39, 0.29) is 17.7 Å². The second-order valence-electron chi connectivity index (χ2n) is 7.63. The Kier molecular flexibility index (Phi) is 6.19. The molecule has 180 valence electrons. The summed E-state index contributed by atoms with van der Waals surface area (Å²) in [6.07, 6.45) is 1.48. The Hall–Kier alpha value is -4.74. The molecule has 3 amide bonds. The molecule has 0 spiro atoms. The van der Waals surface area contributed by atoms with Gasteiger partial charge in [0.1, 0.15) is 17.4 Å². The second kappa shape index (κ2) is 9.25. The highest BCUT2D eigenvalue weighted by atomic mass is 16.6. The molecule has 1 aromatic heterocycles. The summed E-state index contributed by atoms with van der Waals surface area (Å²) in [4.78, 5) is 50.1. The molecule has 0 saturated carbocycles. The summed E-state index contributed by atoms with van der Waals surface area (Å²) in [6, 6.07) is 9.48. The first-order valence-corrected chi connectivity index (χ1v) is 10.5. The van der Waals surface area contributed by atoms with E-state index < -0.39 is 34.4 Å².